The lowest BCUT2D eigenvalue weighted by atomic mass is 9.99. The molecule has 2 heterocycles. The Balaban J connectivity index is 1.84. The SMILES string of the molecule is CC(=N)/C(=C(\Nc1nc2c(s1)SC(C)c1c(Cl)cc(Cl)cc1-2)C(=O)O)c1cc(Cl)cc(Cl)c1. The third kappa shape index (κ3) is 4.90. The van der Waals surface area contributed by atoms with Crippen LogP contribution in [0.3, 0.4) is 0 Å². The van der Waals surface area contributed by atoms with Crippen molar-refractivity contribution in [2.45, 2.75) is 23.3 Å². The number of carbonyl (C=O) groups is 1. The Hall–Kier alpha value is -1.74. The Morgan fingerprint density at radius 1 is 1.09 bits per heavy atom. The maximum atomic E-state index is 12.2. The zero-order chi connectivity index (χ0) is 24.0. The van der Waals surface area contributed by atoms with Crippen molar-refractivity contribution in [1.29, 1.82) is 5.41 Å². The van der Waals surface area contributed by atoms with Crippen molar-refractivity contribution >= 4 is 91.9 Å². The number of aliphatic carboxylic acids is 1. The van der Waals surface area contributed by atoms with Crippen LogP contribution in [0.15, 0.2) is 40.2 Å². The van der Waals surface area contributed by atoms with E-state index in [-0.39, 0.29) is 22.2 Å². The van der Waals surface area contributed by atoms with Gasteiger partial charge in [-0.3, -0.25) is 0 Å². The van der Waals surface area contributed by atoms with Gasteiger partial charge in [0.2, 0.25) is 0 Å². The number of carboxylic acids is 1. The first-order valence-electron chi connectivity index (χ1n) is 9.48. The largest absolute Gasteiger partial charge is 0.477 e. The summed E-state index contributed by atoms with van der Waals surface area (Å²) < 4.78 is 0.916. The third-order valence-corrected chi connectivity index (χ3v) is 8.13. The van der Waals surface area contributed by atoms with Gasteiger partial charge in [-0.2, -0.15) is 0 Å². The number of aromatic nitrogens is 1. The van der Waals surface area contributed by atoms with Crippen molar-refractivity contribution in [1.82, 2.24) is 4.98 Å². The molecule has 5 nitrogen and oxygen atoms in total. The number of allylic oxidation sites excluding steroid dienone is 1. The molecule has 0 saturated carbocycles. The highest BCUT2D eigenvalue weighted by Gasteiger charge is 2.30. The second-order valence-electron chi connectivity index (χ2n) is 7.23. The third-order valence-electron chi connectivity index (χ3n) is 4.86. The van der Waals surface area contributed by atoms with Crippen molar-refractivity contribution in [3.63, 3.8) is 0 Å². The quantitative estimate of drug-likeness (QED) is 0.216. The molecule has 1 atom stereocenters. The maximum absolute atomic E-state index is 12.2. The van der Waals surface area contributed by atoms with Crippen LogP contribution in [0.5, 0.6) is 0 Å². The molecule has 3 N–H and O–H groups in total. The molecule has 2 aromatic carbocycles. The Labute approximate surface area is 218 Å². The van der Waals surface area contributed by atoms with Crippen LogP contribution >= 0.6 is 69.5 Å². The average molecular weight is 559 g/mol. The summed E-state index contributed by atoms with van der Waals surface area (Å²) in [5, 5.41) is 23.3. The van der Waals surface area contributed by atoms with Crippen molar-refractivity contribution in [3.8, 4) is 11.3 Å². The predicted octanol–water partition coefficient (Wildman–Crippen LogP) is 8.54. The smallest absolute Gasteiger partial charge is 0.353 e. The van der Waals surface area contributed by atoms with Gasteiger partial charge in [0.15, 0.2) is 5.13 Å². The van der Waals surface area contributed by atoms with Gasteiger partial charge < -0.3 is 15.8 Å². The second-order valence-corrected chi connectivity index (χ2v) is 11.6. The zero-order valence-electron chi connectivity index (χ0n) is 17.1. The number of fused-ring (bicyclic) bond motifs is 3. The standard InChI is InChI=1S/C22H15Cl4N3O2S2/c1-8(27)16(10-3-11(23)5-12(24)4-10)19(20(30)31)29-22-28-18-14-6-13(25)7-15(26)17(14)9(2)32-21(18)33-22/h3-7,9,27H,1-2H3,(H,28,29)(H,30,31)/b19-16+,27-8?. The molecule has 170 valence electrons. The van der Waals surface area contributed by atoms with E-state index in [0.29, 0.717) is 36.5 Å². The first-order chi connectivity index (χ1) is 15.5. The van der Waals surface area contributed by atoms with Crippen LogP contribution in [-0.4, -0.2) is 21.8 Å². The molecule has 3 aromatic rings. The minimum Gasteiger partial charge on any atom is -0.477 e. The minimum atomic E-state index is -1.24. The van der Waals surface area contributed by atoms with Crippen molar-refractivity contribution < 1.29 is 9.90 Å². The van der Waals surface area contributed by atoms with Gasteiger partial charge in [0.05, 0.1) is 9.90 Å². The number of thioether (sulfide) groups is 1. The van der Waals surface area contributed by atoms with E-state index in [1.54, 1.807) is 36.0 Å². The average Bonchev–Trinajstić information content (AvgIpc) is 3.08. The summed E-state index contributed by atoms with van der Waals surface area (Å²) in [4.78, 5) is 16.9. The monoisotopic (exact) mass is 557 g/mol. The second kappa shape index (κ2) is 9.49. The van der Waals surface area contributed by atoms with E-state index >= 15 is 0 Å². The zero-order valence-corrected chi connectivity index (χ0v) is 21.8. The van der Waals surface area contributed by atoms with Gasteiger partial charge in [-0.05, 0) is 55.3 Å². The summed E-state index contributed by atoms with van der Waals surface area (Å²) in [7, 11) is 0. The summed E-state index contributed by atoms with van der Waals surface area (Å²) in [5.41, 5.74) is 2.86. The Morgan fingerprint density at radius 3 is 2.33 bits per heavy atom. The van der Waals surface area contributed by atoms with E-state index in [2.05, 4.69) is 10.3 Å². The summed E-state index contributed by atoms with van der Waals surface area (Å²) in [6.07, 6.45) is 0. The number of halogens is 4. The molecule has 1 unspecified atom stereocenters. The number of anilines is 1. The topological polar surface area (TPSA) is 86.1 Å². The van der Waals surface area contributed by atoms with Gasteiger partial charge in [0.1, 0.15) is 5.70 Å². The normalized spacial score (nSPS) is 15.4. The van der Waals surface area contributed by atoms with Gasteiger partial charge in [-0.25, -0.2) is 9.78 Å². The first-order valence-corrected chi connectivity index (χ1v) is 12.7. The lowest BCUT2D eigenvalue weighted by Crippen LogP contribution is -2.16. The van der Waals surface area contributed by atoms with Crippen LogP contribution < -0.4 is 5.32 Å². The molecule has 11 heteroatoms. The molecule has 0 fully saturated rings. The van der Waals surface area contributed by atoms with Gasteiger partial charge in [-0.1, -0.05) is 57.7 Å². The molecule has 1 aliphatic heterocycles. The minimum absolute atomic E-state index is 0.0338. The molecule has 0 bridgehead atoms. The number of nitrogens with zero attached hydrogens (tertiary/aromatic N) is 1. The van der Waals surface area contributed by atoms with Crippen LogP contribution in [0.2, 0.25) is 20.1 Å². The van der Waals surface area contributed by atoms with Crippen LogP contribution in [0, 0.1) is 5.41 Å². The molecule has 1 aromatic heterocycles. The first kappa shape index (κ1) is 24.4. The molecule has 0 saturated heterocycles. The molecule has 0 radical (unpaired) electrons. The fourth-order valence-electron chi connectivity index (χ4n) is 3.60. The van der Waals surface area contributed by atoms with Crippen LogP contribution in [0.25, 0.3) is 16.8 Å². The summed E-state index contributed by atoms with van der Waals surface area (Å²) in [6, 6.07) is 8.19. The predicted molar refractivity (Wildman–Crippen MR) is 140 cm³/mol. The molecule has 0 spiro atoms. The van der Waals surface area contributed by atoms with Crippen molar-refractivity contribution in [2.24, 2.45) is 0 Å². The van der Waals surface area contributed by atoms with Crippen LogP contribution in [0.4, 0.5) is 5.13 Å². The van der Waals surface area contributed by atoms with E-state index < -0.39 is 5.97 Å². The number of nitrogens with one attached hydrogen (secondary N) is 2. The molecular formula is C22H15Cl4N3O2S2. The van der Waals surface area contributed by atoms with E-state index in [0.717, 1.165) is 15.3 Å². The fourth-order valence-corrected chi connectivity index (χ4v) is 7.39. The molecule has 0 aliphatic carbocycles. The highest BCUT2D eigenvalue weighted by molar-refractivity contribution is 8.01. The van der Waals surface area contributed by atoms with Gasteiger partial charge >= 0.3 is 5.97 Å². The van der Waals surface area contributed by atoms with E-state index in [1.807, 2.05) is 13.0 Å². The fraction of sp³-hybridized carbons (Fsp3) is 0.136. The Bertz CT molecular complexity index is 1330. The molecule has 4 rings (SSSR count). The van der Waals surface area contributed by atoms with E-state index in [1.165, 1.54) is 18.3 Å². The lowest BCUT2D eigenvalue weighted by Gasteiger charge is -2.22. The van der Waals surface area contributed by atoms with Crippen LogP contribution in [-0.2, 0) is 4.79 Å². The Morgan fingerprint density at radius 2 is 1.73 bits per heavy atom. The number of hydrogen-bond acceptors (Lipinski definition) is 6. The number of hydrogen-bond donors (Lipinski definition) is 3. The number of thiazole rings is 1. The maximum Gasteiger partial charge on any atom is 0.353 e. The van der Waals surface area contributed by atoms with Gasteiger partial charge in [-0.15, -0.1) is 11.8 Å². The van der Waals surface area contributed by atoms with Crippen molar-refractivity contribution in [3.05, 3.63) is 67.2 Å². The summed E-state index contributed by atoms with van der Waals surface area (Å²) >= 11 is 27.8. The van der Waals surface area contributed by atoms with E-state index in [4.69, 9.17) is 51.8 Å². The number of benzene rings is 2. The van der Waals surface area contributed by atoms with E-state index in [9.17, 15) is 9.90 Å². The molecule has 33 heavy (non-hydrogen) atoms. The molecular weight excluding hydrogens is 544 g/mol. The molecule has 0 amide bonds. The number of rotatable bonds is 5. The van der Waals surface area contributed by atoms with Crippen LogP contribution in [0.1, 0.15) is 30.2 Å². The Kier molecular flexibility index (Phi) is 7.01. The van der Waals surface area contributed by atoms with Crippen molar-refractivity contribution in [2.75, 3.05) is 5.32 Å². The summed E-state index contributed by atoms with van der Waals surface area (Å²) in [5.74, 6) is -1.24. The summed E-state index contributed by atoms with van der Waals surface area (Å²) in [6.45, 7) is 3.54. The molecule has 1 aliphatic rings. The van der Waals surface area contributed by atoms with Gasteiger partial charge in [0, 0.05) is 42.2 Å². The van der Waals surface area contributed by atoms with Gasteiger partial charge in [0.25, 0.3) is 0 Å². The highest BCUT2D eigenvalue weighted by Crippen LogP contribution is 2.54. The highest BCUT2D eigenvalue weighted by atomic mass is 35.5. The number of carboxylic acid groups (broad SMARTS) is 1. The lowest BCUT2D eigenvalue weighted by molar-refractivity contribution is -0.132.